The second kappa shape index (κ2) is 10.3. The molecule has 0 saturated carbocycles. The second-order valence-electron chi connectivity index (χ2n) is 5.70. The van der Waals surface area contributed by atoms with Crippen molar-refractivity contribution < 1.29 is 4.79 Å². The van der Waals surface area contributed by atoms with E-state index in [9.17, 15) is 4.79 Å². The number of anilines is 1. The fourth-order valence-corrected chi connectivity index (χ4v) is 2.35. The van der Waals surface area contributed by atoms with Crippen molar-refractivity contribution in [1.82, 2.24) is 5.32 Å². The molecule has 1 atom stereocenters. The van der Waals surface area contributed by atoms with Gasteiger partial charge in [-0.25, -0.2) is 0 Å². The van der Waals surface area contributed by atoms with Crippen LogP contribution in [0.25, 0.3) is 0 Å². The van der Waals surface area contributed by atoms with E-state index in [1.54, 1.807) is 0 Å². The average Bonchev–Trinajstić information content (AvgIpc) is 2.49. The molecule has 0 spiro atoms. The minimum Gasteiger partial charge on any atom is -0.384 e. The molecule has 3 heteroatoms. The molecule has 0 fully saturated rings. The Morgan fingerprint density at radius 1 is 1.10 bits per heavy atom. The highest BCUT2D eigenvalue weighted by atomic mass is 16.1. The monoisotopic (exact) mass is 290 g/mol. The molecule has 0 heterocycles. The van der Waals surface area contributed by atoms with Crippen LogP contribution in [-0.4, -0.2) is 18.5 Å². The highest BCUT2D eigenvalue weighted by molar-refractivity contribution is 5.99. The van der Waals surface area contributed by atoms with Crippen LogP contribution in [0.5, 0.6) is 0 Å². The highest BCUT2D eigenvalue weighted by Crippen LogP contribution is 2.15. The van der Waals surface area contributed by atoms with Gasteiger partial charge in [0.05, 0.1) is 5.56 Å². The van der Waals surface area contributed by atoms with Crippen LogP contribution in [0, 0.1) is 0 Å². The lowest BCUT2D eigenvalue weighted by molar-refractivity contribution is 0.0938. The number of hydrogen-bond acceptors (Lipinski definition) is 2. The van der Waals surface area contributed by atoms with Crippen molar-refractivity contribution in [3.05, 3.63) is 29.8 Å². The van der Waals surface area contributed by atoms with E-state index < -0.39 is 0 Å². The van der Waals surface area contributed by atoms with E-state index in [0.717, 1.165) is 30.6 Å². The van der Waals surface area contributed by atoms with Gasteiger partial charge >= 0.3 is 0 Å². The summed E-state index contributed by atoms with van der Waals surface area (Å²) < 4.78 is 0. The first-order chi connectivity index (χ1) is 10.2. The summed E-state index contributed by atoms with van der Waals surface area (Å²) in [5.41, 5.74) is 1.67. The molecule has 0 aliphatic carbocycles. The molecule has 118 valence electrons. The van der Waals surface area contributed by atoms with Crippen molar-refractivity contribution >= 4 is 11.6 Å². The molecule has 21 heavy (non-hydrogen) atoms. The third-order valence-electron chi connectivity index (χ3n) is 3.61. The summed E-state index contributed by atoms with van der Waals surface area (Å²) in [6.07, 6.45) is 7.07. The summed E-state index contributed by atoms with van der Waals surface area (Å²) in [5, 5.41) is 6.43. The molecule has 1 aromatic carbocycles. The van der Waals surface area contributed by atoms with Gasteiger partial charge in [0.15, 0.2) is 0 Å². The van der Waals surface area contributed by atoms with Gasteiger partial charge in [-0.15, -0.1) is 0 Å². The van der Waals surface area contributed by atoms with E-state index in [-0.39, 0.29) is 11.9 Å². The zero-order valence-corrected chi connectivity index (χ0v) is 13.7. The number of benzene rings is 1. The summed E-state index contributed by atoms with van der Waals surface area (Å²) >= 11 is 0. The Bertz CT molecular complexity index is 417. The zero-order valence-electron chi connectivity index (χ0n) is 13.7. The fraction of sp³-hybridized carbons (Fsp3) is 0.611. The molecular weight excluding hydrogens is 260 g/mol. The van der Waals surface area contributed by atoms with Crippen molar-refractivity contribution in [3.63, 3.8) is 0 Å². The van der Waals surface area contributed by atoms with Gasteiger partial charge in [-0.3, -0.25) is 4.79 Å². The first-order valence-electron chi connectivity index (χ1n) is 8.32. The molecule has 1 unspecified atom stereocenters. The van der Waals surface area contributed by atoms with E-state index in [0.29, 0.717) is 0 Å². The van der Waals surface area contributed by atoms with E-state index in [1.807, 2.05) is 24.3 Å². The number of carbonyl (C=O) groups is 1. The third-order valence-corrected chi connectivity index (χ3v) is 3.61. The normalized spacial score (nSPS) is 12.0. The molecule has 1 amide bonds. The minimum absolute atomic E-state index is 0.0252. The van der Waals surface area contributed by atoms with Crippen molar-refractivity contribution in [1.29, 1.82) is 0 Å². The molecule has 0 aliphatic rings. The summed E-state index contributed by atoms with van der Waals surface area (Å²) in [6, 6.07) is 7.96. The van der Waals surface area contributed by atoms with Crippen LogP contribution in [0.15, 0.2) is 24.3 Å². The SMILES string of the molecule is CCCCCCC(C)NC(=O)c1ccccc1NCCC. The van der Waals surface area contributed by atoms with Crippen LogP contribution >= 0.6 is 0 Å². The van der Waals surface area contributed by atoms with Crippen LogP contribution in [0.4, 0.5) is 5.69 Å². The lowest BCUT2D eigenvalue weighted by Gasteiger charge is -2.16. The zero-order chi connectivity index (χ0) is 15.5. The molecular formula is C18H30N2O. The second-order valence-corrected chi connectivity index (χ2v) is 5.70. The standard InChI is InChI=1S/C18H30N2O/c1-4-6-7-8-11-15(3)20-18(21)16-12-9-10-13-17(16)19-14-5-2/h9-10,12-13,15,19H,4-8,11,14H2,1-3H3,(H,20,21). The largest absolute Gasteiger partial charge is 0.384 e. The topological polar surface area (TPSA) is 41.1 Å². The third kappa shape index (κ3) is 6.65. The maximum atomic E-state index is 12.4. The average molecular weight is 290 g/mol. The first-order valence-corrected chi connectivity index (χ1v) is 8.32. The lowest BCUT2D eigenvalue weighted by Crippen LogP contribution is -2.33. The van der Waals surface area contributed by atoms with Gasteiger partial charge in [-0.1, -0.05) is 51.7 Å². The summed E-state index contributed by atoms with van der Waals surface area (Å²) in [5.74, 6) is 0.0252. The first kappa shape index (κ1) is 17.5. The van der Waals surface area contributed by atoms with Gasteiger partial charge in [-0.2, -0.15) is 0 Å². The van der Waals surface area contributed by atoms with Gasteiger partial charge in [0.25, 0.3) is 5.91 Å². The Morgan fingerprint density at radius 2 is 1.86 bits per heavy atom. The van der Waals surface area contributed by atoms with Crippen molar-refractivity contribution in [2.75, 3.05) is 11.9 Å². The number of hydrogen-bond donors (Lipinski definition) is 2. The van der Waals surface area contributed by atoms with Crippen LogP contribution in [-0.2, 0) is 0 Å². The van der Waals surface area contributed by atoms with Crippen LogP contribution in [0.2, 0.25) is 0 Å². The molecule has 0 bridgehead atoms. The van der Waals surface area contributed by atoms with Gasteiger partial charge in [0.1, 0.15) is 0 Å². The number of nitrogens with one attached hydrogen (secondary N) is 2. The van der Waals surface area contributed by atoms with Gasteiger partial charge in [-0.05, 0) is 31.9 Å². The maximum absolute atomic E-state index is 12.4. The summed E-state index contributed by atoms with van der Waals surface area (Å²) in [6.45, 7) is 7.31. The van der Waals surface area contributed by atoms with Crippen molar-refractivity contribution in [2.45, 2.75) is 65.3 Å². The van der Waals surface area contributed by atoms with Crippen LogP contribution in [0.3, 0.4) is 0 Å². The Balaban J connectivity index is 2.50. The maximum Gasteiger partial charge on any atom is 0.253 e. The minimum atomic E-state index is 0.0252. The molecule has 1 rings (SSSR count). The predicted octanol–water partition coefficient (Wildman–Crippen LogP) is 4.60. The summed E-state index contributed by atoms with van der Waals surface area (Å²) in [7, 11) is 0. The quantitative estimate of drug-likeness (QED) is 0.618. The van der Waals surface area contributed by atoms with Gasteiger partial charge in [0.2, 0.25) is 0 Å². The Labute approximate surface area is 129 Å². The number of amides is 1. The lowest BCUT2D eigenvalue weighted by atomic mass is 10.1. The van der Waals surface area contributed by atoms with E-state index >= 15 is 0 Å². The summed E-state index contributed by atoms with van der Waals surface area (Å²) in [4.78, 5) is 12.4. The fourth-order valence-electron chi connectivity index (χ4n) is 2.35. The number of carbonyl (C=O) groups excluding carboxylic acids is 1. The Morgan fingerprint density at radius 3 is 2.57 bits per heavy atom. The highest BCUT2D eigenvalue weighted by Gasteiger charge is 2.12. The van der Waals surface area contributed by atoms with Crippen LogP contribution < -0.4 is 10.6 Å². The van der Waals surface area contributed by atoms with E-state index in [2.05, 4.69) is 31.4 Å². The molecule has 0 aromatic heterocycles. The molecule has 0 radical (unpaired) electrons. The molecule has 1 aromatic rings. The molecule has 3 nitrogen and oxygen atoms in total. The van der Waals surface area contributed by atoms with Crippen molar-refractivity contribution in [2.24, 2.45) is 0 Å². The number of rotatable bonds is 10. The van der Waals surface area contributed by atoms with Crippen LogP contribution in [0.1, 0.15) is 69.7 Å². The smallest absolute Gasteiger partial charge is 0.253 e. The molecule has 0 saturated heterocycles. The predicted molar refractivity (Wildman–Crippen MR) is 90.9 cm³/mol. The Kier molecular flexibility index (Phi) is 8.56. The molecule has 2 N–H and O–H groups in total. The number of para-hydroxylation sites is 1. The van der Waals surface area contributed by atoms with E-state index in [1.165, 1.54) is 25.7 Å². The molecule has 0 aliphatic heterocycles. The number of unbranched alkanes of at least 4 members (excludes halogenated alkanes) is 3. The Hall–Kier alpha value is -1.51. The van der Waals surface area contributed by atoms with Gasteiger partial charge < -0.3 is 10.6 Å². The van der Waals surface area contributed by atoms with Crippen molar-refractivity contribution in [3.8, 4) is 0 Å². The van der Waals surface area contributed by atoms with Gasteiger partial charge in [0, 0.05) is 18.3 Å². The van der Waals surface area contributed by atoms with E-state index in [4.69, 9.17) is 0 Å².